The molecule has 134 valence electrons. The Morgan fingerprint density at radius 2 is 1.92 bits per heavy atom. The highest BCUT2D eigenvalue weighted by molar-refractivity contribution is 6.01. The fourth-order valence-electron chi connectivity index (χ4n) is 3.75. The average Bonchev–Trinajstić information content (AvgIpc) is 2.98. The van der Waals surface area contributed by atoms with Gasteiger partial charge in [-0.15, -0.1) is 0 Å². The molecule has 2 fully saturated rings. The van der Waals surface area contributed by atoms with Gasteiger partial charge in [0, 0.05) is 31.7 Å². The Kier molecular flexibility index (Phi) is 4.79. The van der Waals surface area contributed by atoms with Crippen molar-refractivity contribution in [1.82, 2.24) is 4.90 Å². The summed E-state index contributed by atoms with van der Waals surface area (Å²) < 4.78 is 0. The van der Waals surface area contributed by atoms with Crippen molar-refractivity contribution in [1.29, 1.82) is 0 Å². The zero-order valence-electron chi connectivity index (χ0n) is 14.7. The fraction of sp³-hybridized carbons (Fsp3) is 0.526. The number of carbonyl (C=O) groups is 3. The fourth-order valence-corrected chi connectivity index (χ4v) is 3.75. The number of carboxylic acids is 1. The first-order chi connectivity index (χ1) is 11.9. The molecule has 1 aromatic rings. The van der Waals surface area contributed by atoms with Gasteiger partial charge in [0.15, 0.2) is 0 Å². The third-order valence-electron chi connectivity index (χ3n) is 5.21. The second kappa shape index (κ2) is 6.86. The number of carboxylic acid groups (broad SMARTS) is 1. The summed E-state index contributed by atoms with van der Waals surface area (Å²) in [6.07, 6.45) is 1.50. The van der Waals surface area contributed by atoms with E-state index in [1.165, 1.54) is 0 Å². The predicted molar refractivity (Wildman–Crippen MR) is 93.3 cm³/mol. The lowest BCUT2D eigenvalue weighted by Gasteiger charge is -2.32. The Morgan fingerprint density at radius 3 is 2.64 bits per heavy atom. The van der Waals surface area contributed by atoms with Crippen LogP contribution in [0.25, 0.3) is 0 Å². The zero-order valence-corrected chi connectivity index (χ0v) is 14.7. The molecule has 2 amide bonds. The summed E-state index contributed by atoms with van der Waals surface area (Å²) in [5.41, 5.74) is 2.95. The summed E-state index contributed by atoms with van der Waals surface area (Å²) in [5, 5.41) is 9.19. The number of aryl methyl sites for hydroxylation is 2. The van der Waals surface area contributed by atoms with Crippen molar-refractivity contribution in [2.45, 2.75) is 33.1 Å². The number of hydrogen-bond acceptors (Lipinski definition) is 3. The quantitative estimate of drug-likeness (QED) is 0.909. The molecule has 2 heterocycles. The first kappa shape index (κ1) is 17.5. The Labute approximate surface area is 147 Å². The Balaban J connectivity index is 1.72. The van der Waals surface area contributed by atoms with E-state index in [9.17, 15) is 19.5 Å². The van der Waals surface area contributed by atoms with Gasteiger partial charge in [-0.2, -0.15) is 0 Å². The number of amides is 2. The Bertz CT molecular complexity index is 715. The third kappa shape index (κ3) is 3.52. The topological polar surface area (TPSA) is 77.9 Å². The van der Waals surface area contributed by atoms with Crippen LogP contribution in [-0.2, 0) is 14.4 Å². The summed E-state index contributed by atoms with van der Waals surface area (Å²) >= 11 is 0. The molecule has 0 bridgehead atoms. The molecule has 1 N–H and O–H groups in total. The molecule has 2 saturated heterocycles. The van der Waals surface area contributed by atoms with Crippen LogP contribution >= 0.6 is 0 Å². The van der Waals surface area contributed by atoms with Crippen LogP contribution in [0.1, 0.15) is 30.4 Å². The molecular formula is C19H24N2O4. The zero-order chi connectivity index (χ0) is 18.1. The standard InChI is InChI=1S/C19H24N2O4/c1-12-5-6-13(2)16(8-12)21-11-15(9-17(21)22)18(23)20-7-3-4-14(10-20)19(24)25/h5-6,8,14-15H,3-4,7,9-11H2,1-2H3,(H,24,25)/t14-,15-/m1/s1. The van der Waals surface area contributed by atoms with Gasteiger partial charge in [0.1, 0.15) is 0 Å². The van der Waals surface area contributed by atoms with Gasteiger partial charge in [-0.25, -0.2) is 0 Å². The van der Waals surface area contributed by atoms with Gasteiger partial charge >= 0.3 is 5.97 Å². The molecule has 0 unspecified atom stereocenters. The van der Waals surface area contributed by atoms with E-state index in [1.54, 1.807) is 9.80 Å². The molecule has 0 aromatic heterocycles. The van der Waals surface area contributed by atoms with Crippen molar-refractivity contribution < 1.29 is 19.5 Å². The van der Waals surface area contributed by atoms with E-state index in [4.69, 9.17) is 0 Å². The summed E-state index contributed by atoms with van der Waals surface area (Å²) in [5.74, 6) is -1.87. The van der Waals surface area contributed by atoms with E-state index in [0.29, 0.717) is 25.9 Å². The van der Waals surface area contributed by atoms with Gasteiger partial charge in [0.25, 0.3) is 0 Å². The number of carbonyl (C=O) groups excluding carboxylic acids is 2. The molecule has 2 aliphatic rings. The first-order valence-corrected chi connectivity index (χ1v) is 8.76. The summed E-state index contributed by atoms with van der Waals surface area (Å²) in [6, 6.07) is 5.96. The third-order valence-corrected chi connectivity index (χ3v) is 5.21. The van der Waals surface area contributed by atoms with Crippen molar-refractivity contribution in [3.63, 3.8) is 0 Å². The smallest absolute Gasteiger partial charge is 0.308 e. The molecule has 3 rings (SSSR count). The minimum Gasteiger partial charge on any atom is -0.481 e. The highest BCUT2D eigenvalue weighted by Gasteiger charge is 2.39. The van der Waals surface area contributed by atoms with Crippen LogP contribution in [0.15, 0.2) is 18.2 Å². The van der Waals surface area contributed by atoms with Crippen LogP contribution in [0, 0.1) is 25.7 Å². The molecule has 0 saturated carbocycles. The van der Waals surface area contributed by atoms with E-state index in [0.717, 1.165) is 16.8 Å². The molecule has 2 aliphatic heterocycles. The number of anilines is 1. The lowest BCUT2D eigenvalue weighted by molar-refractivity contribution is -0.146. The lowest BCUT2D eigenvalue weighted by atomic mass is 9.96. The number of hydrogen-bond donors (Lipinski definition) is 1. The van der Waals surface area contributed by atoms with Gasteiger partial charge < -0.3 is 14.9 Å². The van der Waals surface area contributed by atoms with E-state index in [1.807, 2.05) is 32.0 Å². The summed E-state index contributed by atoms with van der Waals surface area (Å²) in [4.78, 5) is 39.8. The number of nitrogens with zero attached hydrogens (tertiary/aromatic N) is 2. The van der Waals surface area contributed by atoms with Crippen LogP contribution in [0.5, 0.6) is 0 Å². The second-order valence-corrected chi connectivity index (χ2v) is 7.16. The molecule has 6 nitrogen and oxygen atoms in total. The monoisotopic (exact) mass is 344 g/mol. The number of aliphatic carboxylic acids is 1. The van der Waals surface area contributed by atoms with Crippen LogP contribution in [0.2, 0.25) is 0 Å². The van der Waals surface area contributed by atoms with Gasteiger partial charge in [0.05, 0.1) is 11.8 Å². The van der Waals surface area contributed by atoms with Crippen molar-refractivity contribution in [3.05, 3.63) is 29.3 Å². The molecule has 0 spiro atoms. The highest BCUT2D eigenvalue weighted by Crippen LogP contribution is 2.30. The first-order valence-electron chi connectivity index (χ1n) is 8.76. The van der Waals surface area contributed by atoms with E-state index in [-0.39, 0.29) is 30.7 Å². The largest absolute Gasteiger partial charge is 0.481 e. The lowest BCUT2D eigenvalue weighted by Crippen LogP contribution is -2.45. The number of piperidine rings is 1. The van der Waals surface area contributed by atoms with E-state index in [2.05, 4.69) is 0 Å². The molecule has 1 aromatic carbocycles. The van der Waals surface area contributed by atoms with Gasteiger partial charge in [-0.3, -0.25) is 14.4 Å². The molecule has 0 aliphatic carbocycles. The van der Waals surface area contributed by atoms with Gasteiger partial charge in [-0.1, -0.05) is 12.1 Å². The minimum atomic E-state index is -0.850. The summed E-state index contributed by atoms with van der Waals surface area (Å²) in [7, 11) is 0. The Hall–Kier alpha value is -2.37. The van der Waals surface area contributed by atoms with Gasteiger partial charge in [0.2, 0.25) is 11.8 Å². The second-order valence-electron chi connectivity index (χ2n) is 7.16. The van der Waals surface area contributed by atoms with Crippen molar-refractivity contribution >= 4 is 23.5 Å². The molecule has 6 heteroatoms. The maximum absolute atomic E-state index is 12.8. The van der Waals surface area contributed by atoms with Crippen LogP contribution in [-0.4, -0.2) is 47.4 Å². The van der Waals surface area contributed by atoms with Crippen LogP contribution < -0.4 is 4.90 Å². The maximum atomic E-state index is 12.8. The number of benzene rings is 1. The molecule has 2 atom stereocenters. The van der Waals surface area contributed by atoms with Crippen LogP contribution in [0.3, 0.4) is 0 Å². The van der Waals surface area contributed by atoms with E-state index >= 15 is 0 Å². The van der Waals surface area contributed by atoms with Crippen LogP contribution in [0.4, 0.5) is 5.69 Å². The van der Waals surface area contributed by atoms with Crippen molar-refractivity contribution in [3.8, 4) is 0 Å². The van der Waals surface area contributed by atoms with E-state index < -0.39 is 11.9 Å². The molecule has 0 radical (unpaired) electrons. The van der Waals surface area contributed by atoms with Gasteiger partial charge in [-0.05, 0) is 43.9 Å². The molecule has 25 heavy (non-hydrogen) atoms. The Morgan fingerprint density at radius 1 is 1.16 bits per heavy atom. The van der Waals surface area contributed by atoms with Crippen molar-refractivity contribution in [2.75, 3.05) is 24.5 Å². The number of likely N-dealkylation sites (tertiary alicyclic amines) is 1. The SMILES string of the molecule is Cc1ccc(C)c(N2C[C@H](C(=O)N3CCC[C@@H](C(=O)O)C3)CC2=O)c1. The molecular weight excluding hydrogens is 320 g/mol. The summed E-state index contributed by atoms with van der Waals surface area (Å²) in [6.45, 7) is 5.14. The van der Waals surface area contributed by atoms with Crippen molar-refractivity contribution in [2.24, 2.45) is 11.8 Å². The average molecular weight is 344 g/mol. The predicted octanol–water partition coefficient (Wildman–Crippen LogP) is 1.98. The highest BCUT2D eigenvalue weighted by atomic mass is 16.4. The number of rotatable bonds is 3. The maximum Gasteiger partial charge on any atom is 0.308 e. The minimum absolute atomic E-state index is 0.0427. The normalized spacial score (nSPS) is 23.8.